The lowest BCUT2D eigenvalue weighted by atomic mass is 10.1. The van der Waals surface area contributed by atoms with E-state index in [1.165, 1.54) is 10.2 Å². The lowest BCUT2D eigenvalue weighted by Gasteiger charge is -2.20. The number of hydrogen-bond donors (Lipinski definition) is 0. The number of aryl methyl sites for hydroxylation is 2. The van der Waals surface area contributed by atoms with Gasteiger partial charge in [-0.15, -0.1) is 0 Å². The Morgan fingerprint density at radius 1 is 1.12 bits per heavy atom. The molecule has 0 unspecified atom stereocenters. The van der Waals surface area contributed by atoms with Crippen molar-refractivity contribution in [2.45, 2.75) is 27.1 Å². The molecule has 25 heavy (non-hydrogen) atoms. The number of ether oxygens (including phenoxy) is 1. The molecule has 3 rings (SSSR count). The zero-order valence-corrected chi connectivity index (χ0v) is 15.1. The molecular formula is C20H23N3O2. The van der Waals surface area contributed by atoms with Crippen molar-refractivity contribution in [3.8, 4) is 5.75 Å². The molecule has 0 aliphatic rings. The van der Waals surface area contributed by atoms with Crippen molar-refractivity contribution in [2.75, 3.05) is 14.2 Å². The number of methoxy groups -OCH3 is 1. The Labute approximate surface area is 147 Å². The highest BCUT2D eigenvalue weighted by Crippen LogP contribution is 2.21. The molecule has 0 spiro atoms. The van der Waals surface area contributed by atoms with Gasteiger partial charge >= 0.3 is 0 Å². The maximum Gasteiger partial charge on any atom is 0.275 e. The van der Waals surface area contributed by atoms with E-state index >= 15 is 0 Å². The molecule has 0 bridgehead atoms. The van der Waals surface area contributed by atoms with Crippen molar-refractivity contribution in [1.82, 2.24) is 14.7 Å². The molecule has 0 aliphatic carbocycles. The fourth-order valence-corrected chi connectivity index (χ4v) is 3.10. The number of nitrogens with zero attached hydrogens (tertiary/aromatic N) is 3. The Morgan fingerprint density at radius 3 is 2.56 bits per heavy atom. The van der Waals surface area contributed by atoms with Gasteiger partial charge in [-0.25, -0.2) is 4.68 Å². The average Bonchev–Trinajstić information content (AvgIpc) is 2.59. The van der Waals surface area contributed by atoms with Crippen molar-refractivity contribution in [1.29, 1.82) is 0 Å². The van der Waals surface area contributed by atoms with Crippen LogP contribution in [0.25, 0.3) is 10.8 Å². The van der Waals surface area contributed by atoms with E-state index in [1.807, 2.05) is 50.4 Å². The molecule has 0 saturated carbocycles. The van der Waals surface area contributed by atoms with Crippen LogP contribution in [0.3, 0.4) is 0 Å². The molecule has 0 aliphatic heterocycles. The molecule has 0 saturated heterocycles. The third-order valence-corrected chi connectivity index (χ3v) is 4.30. The van der Waals surface area contributed by atoms with Crippen LogP contribution in [-0.2, 0) is 13.2 Å². The highest BCUT2D eigenvalue weighted by molar-refractivity contribution is 5.83. The van der Waals surface area contributed by atoms with Gasteiger partial charge in [-0.2, -0.15) is 5.10 Å². The predicted octanol–water partition coefficient (Wildman–Crippen LogP) is 3.11. The number of hydrogen-bond acceptors (Lipinski definition) is 4. The van der Waals surface area contributed by atoms with E-state index in [9.17, 15) is 4.79 Å². The van der Waals surface area contributed by atoms with Crippen LogP contribution in [0.5, 0.6) is 5.75 Å². The molecule has 5 heteroatoms. The summed E-state index contributed by atoms with van der Waals surface area (Å²) < 4.78 is 6.97. The Morgan fingerprint density at radius 2 is 1.84 bits per heavy atom. The van der Waals surface area contributed by atoms with E-state index in [0.717, 1.165) is 22.4 Å². The Hall–Kier alpha value is -2.66. The van der Waals surface area contributed by atoms with Gasteiger partial charge in [0, 0.05) is 17.5 Å². The lowest BCUT2D eigenvalue weighted by molar-refractivity contribution is 0.237. The second-order valence-corrected chi connectivity index (χ2v) is 6.41. The lowest BCUT2D eigenvalue weighted by Crippen LogP contribution is -2.32. The average molecular weight is 337 g/mol. The summed E-state index contributed by atoms with van der Waals surface area (Å²) in [5.74, 6) is 0.854. The van der Waals surface area contributed by atoms with Gasteiger partial charge in [0.05, 0.1) is 24.9 Å². The van der Waals surface area contributed by atoms with Crippen LogP contribution >= 0.6 is 0 Å². The predicted molar refractivity (Wildman–Crippen MR) is 99.9 cm³/mol. The summed E-state index contributed by atoms with van der Waals surface area (Å²) in [6.45, 7) is 5.08. The third kappa shape index (κ3) is 3.56. The maximum atomic E-state index is 12.7. The molecule has 0 atom stereocenters. The first-order valence-corrected chi connectivity index (χ1v) is 8.28. The summed E-state index contributed by atoms with van der Waals surface area (Å²) in [5.41, 5.74) is 3.07. The topological polar surface area (TPSA) is 47.4 Å². The van der Waals surface area contributed by atoms with E-state index in [2.05, 4.69) is 23.0 Å². The van der Waals surface area contributed by atoms with Crippen LogP contribution in [0.15, 0.2) is 47.3 Å². The highest BCUT2D eigenvalue weighted by atomic mass is 16.5. The smallest absolute Gasteiger partial charge is 0.275 e. The molecule has 1 aromatic heterocycles. The zero-order chi connectivity index (χ0) is 18.0. The van der Waals surface area contributed by atoms with Crippen LogP contribution in [0, 0.1) is 13.8 Å². The number of aromatic nitrogens is 2. The van der Waals surface area contributed by atoms with Crippen LogP contribution in [0.2, 0.25) is 0 Å². The second-order valence-electron chi connectivity index (χ2n) is 6.41. The summed E-state index contributed by atoms with van der Waals surface area (Å²) in [4.78, 5) is 14.8. The summed E-state index contributed by atoms with van der Waals surface area (Å²) in [6.07, 6.45) is 0. The van der Waals surface area contributed by atoms with Crippen molar-refractivity contribution in [3.63, 3.8) is 0 Å². The molecule has 0 radical (unpaired) electrons. The quantitative estimate of drug-likeness (QED) is 0.718. The first kappa shape index (κ1) is 17.2. The van der Waals surface area contributed by atoms with Crippen molar-refractivity contribution in [3.05, 3.63) is 69.6 Å². The zero-order valence-electron chi connectivity index (χ0n) is 15.1. The Balaban J connectivity index is 1.88. The van der Waals surface area contributed by atoms with E-state index < -0.39 is 0 Å². The minimum Gasteiger partial charge on any atom is -0.496 e. The molecule has 0 amide bonds. The second kappa shape index (κ2) is 7.07. The van der Waals surface area contributed by atoms with Crippen LogP contribution < -0.4 is 10.3 Å². The van der Waals surface area contributed by atoms with E-state index in [0.29, 0.717) is 18.6 Å². The van der Waals surface area contributed by atoms with Gasteiger partial charge in [0.1, 0.15) is 5.75 Å². The van der Waals surface area contributed by atoms with Crippen molar-refractivity contribution < 1.29 is 4.74 Å². The van der Waals surface area contributed by atoms with Gasteiger partial charge in [-0.3, -0.25) is 9.69 Å². The minimum atomic E-state index is -0.0655. The minimum absolute atomic E-state index is 0.0655. The third-order valence-electron chi connectivity index (χ3n) is 4.30. The number of rotatable bonds is 5. The number of benzene rings is 2. The maximum absolute atomic E-state index is 12.7. The van der Waals surface area contributed by atoms with Gasteiger partial charge < -0.3 is 4.74 Å². The summed E-state index contributed by atoms with van der Waals surface area (Å²) >= 11 is 0. The molecule has 130 valence electrons. The van der Waals surface area contributed by atoms with Crippen LogP contribution in [-0.4, -0.2) is 28.8 Å². The standard InChI is InChI=1S/C20H23N3O2/c1-14-9-10-19(25-4)16(11-14)12-22(3)13-23-20(24)18-8-6-5-7-17(18)15(2)21-23/h5-11H,12-13H2,1-4H3. The molecule has 2 aromatic carbocycles. The molecule has 5 nitrogen and oxygen atoms in total. The Kier molecular flexibility index (Phi) is 4.86. The van der Waals surface area contributed by atoms with E-state index in [1.54, 1.807) is 7.11 Å². The van der Waals surface area contributed by atoms with Crippen LogP contribution in [0.1, 0.15) is 16.8 Å². The fourth-order valence-electron chi connectivity index (χ4n) is 3.10. The summed E-state index contributed by atoms with van der Waals surface area (Å²) in [6, 6.07) is 13.7. The monoisotopic (exact) mass is 337 g/mol. The van der Waals surface area contributed by atoms with E-state index in [4.69, 9.17) is 4.74 Å². The van der Waals surface area contributed by atoms with Crippen molar-refractivity contribution >= 4 is 10.8 Å². The molecule has 1 heterocycles. The first-order valence-electron chi connectivity index (χ1n) is 8.28. The van der Waals surface area contributed by atoms with Gasteiger partial charge in [-0.1, -0.05) is 35.9 Å². The molecule has 0 N–H and O–H groups in total. The van der Waals surface area contributed by atoms with Gasteiger partial charge in [0.15, 0.2) is 0 Å². The van der Waals surface area contributed by atoms with Crippen molar-refractivity contribution in [2.24, 2.45) is 0 Å². The summed E-state index contributed by atoms with van der Waals surface area (Å²) in [7, 11) is 3.65. The van der Waals surface area contributed by atoms with Gasteiger partial charge in [-0.05, 0) is 33.0 Å². The molecular weight excluding hydrogens is 314 g/mol. The Bertz CT molecular complexity index is 963. The first-order chi connectivity index (χ1) is 12.0. The van der Waals surface area contributed by atoms with Gasteiger partial charge in [0.25, 0.3) is 5.56 Å². The largest absolute Gasteiger partial charge is 0.496 e. The molecule has 3 aromatic rings. The SMILES string of the molecule is COc1ccc(C)cc1CN(C)Cn1nc(C)c2ccccc2c1=O. The molecule has 0 fully saturated rings. The fraction of sp³-hybridized carbons (Fsp3) is 0.300. The van der Waals surface area contributed by atoms with Crippen LogP contribution in [0.4, 0.5) is 0 Å². The van der Waals surface area contributed by atoms with E-state index in [-0.39, 0.29) is 5.56 Å². The number of fused-ring (bicyclic) bond motifs is 1. The summed E-state index contributed by atoms with van der Waals surface area (Å²) in [5, 5.41) is 6.09. The normalized spacial score (nSPS) is 11.2. The van der Waals surface area contributed by atoms with Gasteiger partial charge in [0.2, 0.25) is 0 Å². The highest BCUT2D eigenvalue weighted by Gasteiger charge is 2.11.